The summed E-state index contributed by atoms with van der Waals surface area (Å²) < 4.78 is 0. The first-order chi connectivity index (χ1) is 15.2. The Labute approximate surface area is 181 Å². The first-order valence-corrected chi connectivity index (χ1v) is 11.2. The minimum Gasteiger partial charge on any atom is -0.507 e. The van der Waals surface area contributed by atoms with E-state index in [2.05, 4.69) is 37.5 Å². The summed E-state index contributed by atoms with van der Waals surface area (Å²) in [7, 11) is 0. The Hall–Kier alpha value is -3.00. The molecule has 3 N–H and O–H groups in total. The van der Waals surface area contributed by atoms with Gasteiger partial charge in [-0.15, -0.1) is 10.2 Å². The van der Waals surface area contributed by atoms with Gasteiger partial charge < -0.3 is 15.3 Å². The standard InChI is InChI=1S/C23H27N7O/c1-13-19-7-3-16(27-19)9-21(13)30(17-4-5-17)23-24-12-20(28-29-23)18-6-2-14(8-22(18)31)15-10-25-26-11-15/h2,6,8,10-13,16-17,19,21,27,31H,3-5,7,9H2,1H3,(H,25,26)/t13?,16?,19-,21+/m1/s1. The second-order valence-corrected chi connectivity index (χ2v) is 9.21. The van der Waals surface area contributed by atoms with Crippen LogP contribution in [0.5, 0.6) is 5.75 Å². The van der Waals surface area contributed by atoms with E-state index in [4.69, 9.17) is 4.98 Å². The molecule has 0 spiro atoms. The number of phenols is 1. The van der Waals surface area contributed by atoms with Gasteiger partial charge in [0, 0.05) is 41.5 Å². The average molecular weight is 418 g/mol. The molecule has 2 aromatic heterocycles. The van der Waals surface area contributed by atoms with Crippen LogP contribution in [0, 0.1) is 5.92 Å². The van der Waals surface area contributed by atoms with Gasteiger partial charge in [-0.3, -0.25) is 5.10 Å². The predicted molar refractivity (Wildman–Crippen MR) is 118 cm³/mol. The lowest BCUT2D eigenvalue weighted by atomic mass is 9.87. The smallest absolute Gasteiger partial charge is 0.245 e. The number of aromatic amines is 1. The van der Waals surface area contributed by atoms with Crippen molar-refractivity contribution in [3.05, 3.63) is 36.8 Å². The Morgan fingerprint density at radius 3 is 2.68 bits per heavy atom. The van der Waals surface area contributed by atoms with E-state index in [0.29, 0.717) is 41.3 Å². The van der Waals surface area contributed by atoms with Crippen molar-refractivity contribution in [2.45, 2.75) is 63.2 Å². The number of benzene rings is 1. The van der Waals surface area contributed by atoms with Crippen molar-refractivity contribution in [2.24, 2.45) is 5.92 Å². The summed E-state index contributed by atoms with van der Waals surface area (Å²) in [6, 6.07) is 7.72. The Bertz CT molecular complexity index is 1060. The number of rotatable bonds is 5. The zero-order valence-electron chi connectivity index (χ0n) is 17.6. The number of hydrogen-bond donors (Lipinski definition) is 3. The molecule has 8 nitrogen and oxygen atoms in total. The van der Waals surface area contributed by atoms with Gasteiger partial charge >= 0.3 is 0 Å². The highest BCUT2D eigenvalue weighted by molar-refractivity contribution is 5.73. The van der Waals surface area contributed by atoms with Crippen LogP contribution >= 0.6 is 0 Å². The predicted octanol–water partition coefficient (Wildman–Crippen LogP) is 3.13. The molecular formula is C23H27N7O. The lowest BCUT2D eigenvalue weighted by Crippen LogP contribution is -2.55. The van der Waals surface area contributed by atoms with Crippen LogP contribution in [0.4, 0.5) is 5.95 Å². The molecule has 3 fully saturated rings. The van der Waals surface area contributed by atoms with Crippen molar-refractivity contribution < 1.29 is 5.11 Å². The van der Waals surface area contributed by atoms with Gasteiger partial charge in [-0.05, 0) is 55.7 Å². The largest absolute Gasteiger partial charge is 0.507 e. The summed E-state index contributed by atoms with van der Waals surface area (Å²) in [5.41, 5.74) is 3.02. The van der Waals surface area contributed by atoms with Gasteiger partial charge in [-0.25, -0.2) is 4.98 Å². The highest BCUT2D eigenvalue weighted by atomic mass is 16.3. The molecule has 2 unspecified atom stereocenters. The van der Waals surface area contributed by atoms with E-state index in [1.807, 2.05) is 12.1 Å². The summed E-state index contributed by atoms with van der Waals surface area (Å²) in [4.78, 5) is 7.16. The van der Waals surface area contributed by atoms with E-state index in [0.717, 1.165) is 23.5 Å². The molecule has 2 saturated heterocycles. The third-order valence-electron chi connectivity index (χ3n) is 7.23. The van der Waals surface area contributed by atoms with Crippen molar-refractivity contribution >= 4 is 5.95 Å². The fourth-order valence-corrected chi connectivity index (χ4v) is 5.37. The lowest BCUT2D eigenvalue weighted by Gasteiger charge is -2.42. The van der Waals surface area contributed by atoms with Crippen LogP contribution in [-0.4, -0.2) is 54.7 Å². The van der Waals surface area contributed by atoms with Crippen LogP contribution in [0.1, 0.15) is 39.0 Å². The molecule has 31 heavy (non-hydrogen) atoms. The summed E-state index contributed by atoms with van der Waals surface area (Å²) in [6.07, 6.45) is 11.4. The third-order valence-corrected chi connectivity index (χ3v) is 7.23. The number of nitrogens with zero attached hydrogens (tertiary/aromatic N) is 5. The third kappa shape index (κ3) is 3.35. The normalized spacial score (nSPS) is 27.4. The number of anilines is 1. The van der Waals surface area contributed by atoms with Crippen LogP contribution in [0.25, 0.3) is 22.4 Å². The Morgan fingerprint density at radius 1 is 1.06 bits per heavy atom. The van der Waals surface area contributed by atoms with Crippen LogP contribution in [0.15, 0.2) is 36.8 Å². The van der Waals surface area contributed by atoms with E-state index >= 15 is 0 Å². The molecule has 8 heteroatoms. The van der Waals surface area contributed by atoms with E-state index in [1.165, 1.54) is 25.7 Å². The van der Waals surface area contributed by atoms with Crippen molar-refractivity contribution in [1.82, 2.24) is 30.7 Å². The first-order valence-electron chi connectivity index (χ1n) is 11.2. The first kappa shape index (κ1) is 18.7. The van der Waals surface area contributed by atoms with E-state index in [1.54, 1.807) is 24.7 Å². The van der Waals surface area contributed by atoms with Crippen LogP contribution in [0.2, 0.25) is 0 Å². The number of hydrogen-bond acceptors (Lipinski definition) is 7. The van der Waals surface area contributed by atoms with Gasteiger partial charge in [-0.2, -0.15) is 5.10 Å². The van der Waals surface area contributed by atoms with E-state index < -0.39 is 0 Å². The summed E-state index contributed by atoms with van der Waals surface area (Å²) in [6.45, 7) is 2.36. The van der Waals surface area contributed by atoms with Crippen molar-refractivity contribution in [1.29, 1.82) is 0 Å². The number of H-pyrrole nitrogens is 1. The van der Waals surface area contributed by atoms with Gasteiger partial charge in [0.15, 0.2) is 0 Å². The molecular weight excluding hydrogens is 390 g/mol. The molecule has 0 radical (unpaired) electrons. The van der Waals surface area contributed by atoms with Crippen molar-refractivity contribution in [3.8, 4) is 28.1 Å². The maximum Gasteiger partial charge on any atom is 0.245 e. The molecule has 2 bridgehead atoms. The minimum atomic E-state index is 0.158. The van der Waals surface area contributed by atoms with Gasteiger partial charge in [0.1, 0.15) is 11.4 Å². The minimum absolute atomic E-state index is 0.158. The van der Waals surface area contributed by atoms with Crippen molar-refractivity contribution in [2.75, 3.05) is 4.90 Å². The number of nitrogens with one attached hydrogen (secondary N) is 2. The molecule has 1 aliphatic carbocycles. The molecule has 3 aliphatic rings. The van der Waals surface area contributed by atoms with E-state index in [9.17, 15) is 5.11 Å². The van der Waals surface area contributed by atoms with Gasteiger partial charge in [-0.1, -0.05) is 13.0 Å². The fraction of sp³-hybridized carbons (Fsp3) is 0.478. The molecule has 6 rings (SSSR count). The number of aromatic nitrogens is 5. The zero-order valence-corrected chi connectivity index (χ0v) is 17.6. The molecule has 3 aromatic rings. The van der Waals surface area contributed by atoms with Crippen LogP contribution in [-0.2, 0) is 0 Å². The quantitative estimate of drug-likeness (QED) is 0.586. The SMILES string of the molecule is CC1[C@H]2CCC(C[C@@H]1N(c1ncc(-c3ccc(-c4cn[nH]c4)cc3O)nn1)C1CC1)N2. The molecule has 2 aliphatic heterocycles. The van der Waals surface area contributed by atoms with Gasteiger partial charge in [0.05, 0.1) is 12.4 Å². The topological polar surface area (TPSA) is 103 Å². The highest BCUT2D eigenvalue weighted by Crippen LogP contribution is 2.41. The maximum atomic E-state index is 10.6. The Balaban J connectivity index is 1.27. The summed E-state index contributed by atoms with van der Waals surface area (Å²) >= 11 is 0. The number of aromatic hydroxyl groups is 1. The maximum absolute atomic E-state index is 10.6. The second kappa shape index (κ2) is 7.30. The Morgan fingerprint density at radius 2 is 1.97 bits per heavy atom. The summed E-state index contributed by atoms with van der Waals surface area (Å²) in [5, 5.41) is 30.1. The molecule has 4 heterocycles. The summed E-state index contributed by atoms with van der Waals surface area (Å²) in [5.74, 6) is 1.45. The van der Waals surface area contributed by atoms with E-state index in [-0.39, 0.29) is 5.75 Å². The number of piperidine rings is 1. The molecule has 160 valence electrons. The molecule has 0 amide bonds. The number of fused-ring (bicyclic) bond motifs is 2. The fourth-order valence-electron chi connectivity index (χ4n) is 5.37. The molecule has 1 aromatic carbocycles. The Kier molecular flexibility index (Phi) is 4.41. The van der Waals surface area contributed by atoms with Crippen molar-refractivity contribution in [3.63, 3.8) is 0 Å². The van der Waals surface area contributed by atoms with Gasteiger partial charge in [0.25, 0.3) is 0 Å². The average Bonchev–Trinajstić information content (AvgIpc) is 3.30. The van der Waals surface area contributed by atoms with Crippen LogP contribution in [0.3, 0.4) is 0 Å². The lowest BCUT2D eigenvalue weighted by molar-refractivity contribution is 0.254. The highest BCUT2D eigenvalue weighted by Gasteiger charge is 2.46. The zero-order chi connectivity index (χ0) is 20.9. The monoisotopic (exact) mass is 417 g/mol. The molecule has 4 atom stereocenters. The second-order valence-electron chi connectivity index (χ2n) is 9.21. The van der Waals surface area contributed by atoms with Gasteiger partial charge in [0.2, 0.25) is 5.95 Å². The molecule has 1 saturated carbocycles. The number of phenolic OH excluding ortho intramolecular Hbond substituents is 1. The van der Waals surface area contributed by atoms with Crippen LogP contribution < -0.4 is 10.2 Å².